The molecule has 78 valence electrons. The highest BCUT2D eigenvalue weighted by atomic mass is 15.0. The molecule has 3 N–H and O–H groups in total. The highest BCUT2D eigenvalue weighted by Gasteiger charge is 2.01. The van der Waals surface area contributed by atoms with Crippen molar-refractivity contribution in [3.05, 3.63) is 30.5 Å². The van der Waals surface area contributed by atoms with E-state index in [1.54, 1.807) is 6.20 Å². The van der Waals surface area contributed by atoms with E-state index in [2.05, 4.69) is 15.3 Å². The highest BCUT2D eigenvalue weighted by molar-refractivity contribution is 5.75. The van der Waals surface area contributed by atoms with Crippen molar-refractivity contribution in [1.82, 2.24) is 9.97 Å². The van der Waals surface area contributed by atoms with Gasteiger partial charge in [0.1, 0.15) is 5.82 Å². The van der Waals surface area contributed by atoms with Gasteiger partial charge in [0.25, 0.3) is 0 Å². The number of nitrogens with zero attached hydrogens (tertiary/aromatic N) is 2. The third-order valence-corrected chi connectivity index (χ3v) is 2.20. The zero-order valence-electron chi connectivity index (χ0n) is 8.64. The van der Waals surface area contributed by atoms with Gasteiger partial charge in [-0.05, 0) is 19.1 Å². The molecule has 0 radical (unpaired) electrons. The van der Waals surface area contributed by atoms with E-state index in [-0.39, 0.29) is 6.04 Å². The van der Waals surface area contributed by atoms with Gasteiger partial charge in [-0.2, -0.15) is 0 Å². The first-order valence-corrected chi connectivity index (χ1v) is 4.98. The van der Waals surface area contributed by atoms with E-state index in [9.17, 15) is 0 Å². The summed E-state index contributed by atoms with van der Waals surface area (Å²) < 4.78 is 0. The van der Waals surface area contributed by atoms with Gasteiger partial charge in [0.15, 0.2) is 0 Å². The number of fused-ring (bicyclic) bond motifs is 1. The van der Waals surface area contributed by atoms with Gasteiger partial charge < -0.3 is 11.1 Å². The number of nitrogens with one attached hydrogen (secondary N) is 1. The molecule has 0 aliphatic carbocycles. The molecule has 0 bridgehead atoms. The lowest BCUT2D eigenvalue weighted by atomic mass is 10.3. The van der Waals surface area contributed by atoms with Crippen molar-refractivity contribution in [2.45, 2.75) is 13.0 Å². The van der Waals surface area contributed by atoms with Gasteiger partial charge in [-0.15, -0.1) is 0 Å². The molecule has 2 aromatic rings. The Kier molecular flexibility index (Phi) is 2.78. The van der Waals surface area contributed by atoms with Crippen molar-refractivity contribution >= 4 is 16.9 Å². The van der Waals surface area contributed by atoms with Crippen LogP contribution < -0.4 is 11.1 Å². The molecule has 0 aliphatic rings. The number of anilines is 1. The maximum atomic E-state index is 5.52. The second-order valence-corrected chi connectivity index (χ2v) is 3.53. The number of rotatable bonds is 3. The number of aromatic nitrogens is 2. The number of nitrogens with two attached hydrogens (primary N) is 1. The lowest BCUT2D eigenvalue weighted by Gasteiger charge is -2.11. The van der Waals surface area contributed by atoms with Crippen LogP contribution in [0.5, 0.6) is 0 Å². The molecule has 1 heterocycles. The standard InChI is InChI=1S/C11H14N4/c1-8(6-12)14-11-7-13-9-4-2-3-5-10(9)15-11/h2-5,7-8H,6,12H2,1H3,(H,14,15)/t8-/m0/s1. The summed E-state index contributed by atoms with van der Waals surface area (Å²) in [4.78, 5) is 8.74. The smallest absolute Gasteiger partial charge is 0.145 e. The van der Waals surface area contributed by atoms with Crippen LogP contribution in [0.25, 0.3) is 11.0 Å². The largest absolute Gasteiger partial charge is 0.365 e. The quantitative estimate of drug-likeness (QED) is 0.789. The zero-order valence-corrected chi connectivity index (χ0v) is 8.64. The Balaban J connectivity index is 2.30. The molecule has 4 nitrogen and oxygen atoms in total. The van der Waals surface area contributed by atoms with Crippen molar-refractivity contribution in [1.29, 1.82) is 0 Å². The molecule has 0 amide bonds. The minimum atomic E-state index is 0.209. The Morgan fingerprint density at radius 1 is 1.33 bits per heavy atom. The average molecular weight is 202 g/mol. The van der Waals surface area contributed by atoms with Crippen LogP contribution >= 0.6 is 0 Å². The van der Waals surface area contributed by atoms with Gasteiger partial charge in [-0.25, -0.2) is 4.98 Å². The van der Waals surface area contributed by atoms with Crippen molar-refractivity contribution in [2.75, 3.05) is 11.9 Å². The lowest BCUT2D eigenvalue weighted by Crippen LogP contribution is -2.25. The van der Waals surface area contributed by atoms with Crippen LogP contribution in [0.2, 0.25) is 0 Å². The van der Waals surface area contributed by atoms with Crippen LogP contribution in [0.4, 0.5) is 5.82 Å². The Morgan fingerprint density at radius 3 is 2.80 bits per heavy atom. The molecule has 1 aromatic carbocycles. The van der Waals surface area contributed by atoms with Gasteiger partial charge in [0.2, 0.25) is 0 Å². The van der Waals surface area contributed by atoms with Crippen molar-refractivity contribution < 1.29 is 0 Å². The average Bonchev–Trinajstić information content (AvgIpc) is 2.29. The Labute approximate surface area is 88.5 Å². The molecule has 4 heteroatoms. The molecule has 15 heavy (non-hydrogen) atoms. The number of hydrogen-bond donors (Lipinski definition) is 2. The lowest BCUT2D eigenvalue weighted by molar-refractivity contribution is 0.798. The summed E-state index contributed by atoms with van der Waals surface area (Å²) in [7, 11) is 0. The van der Waals surface area contributed by atoms with Crippen molar-refractivity contribution in [3.63, 3.8) is 0 Å². The first-order chi connectivity index (χ1) is 7.29. The fourth-order valence-electron chi connectivity index (χ4n) is 1.34. The van der Waals surface area contributed by atoms with E-state index in [4.69, 9.17) is 5.73 Å². The highest BCUT2D eigenvalue weighted by Crippen LogP contribution is 2.11. The second kappa shape index (κ2) is 4.23. The maximum Gasteiger partial charge on any atom is 0.145 e. The summed E-state index contributed by atoms with van der Waals surface area (Å²) in [5, 5.41) is 3.19. The van der Waals surface area contributed by atoms with Gasteiger partial charge in [0, 0.05) is 12.6 Å². The zero-order chi connectivity index (χ0) is 10.7. The first-order valence-electron chi connectivity index (χ1n) is 4.98. The van der Waals surface area contributed by atoms with E-state index in [0.29, 0.717) is 6.54 Å². The molecular formula is C11H14N4. The maximum absolute atomic E-state index is 5.52. The number of hydrogen-bond acceptors (Lipinski definition) is 4. The molecule has 0 saturated carbocycles. The molecule has 0 spiro atoms. The number of benzene rings is 1. The van der Waals surface area contributed by atoms with Gasteiger partial charge in [0.05, 0.1) is 17.2 Å². The second-order valence-electron chi connectivity index (χ2n) is 3.53. The summed E-state index contributed by atoms with van der Waals surface area (Å²) >= 11 is 0. The summed E-state index contributed by atoms with van der Waals surface area (Å²) in [6.07, 6.45) is 1.73. The predicted octanol–water partition coefficient (Wildman–Crippen LogP) is 1.39. The number of para-hydroxylation sites is 2. The van der Waals surface area contributed by atoms with Gasteiger partial charge in [-0.3, -0.25) is 4.98 Å². The van der Waals surface area contributed by atoms with E-state index in [1.165, 1.54) is 0 Å². The normalized spacial score (nSPS) is 12.7. The van der Waals surface area contributed by atoms with Crippen LogP contribution in [0.1, 0.15) is 6.92 Å². The van der Waals surface area contributed by atoms with Crippen LogP contribution in [-0.2, 0) is 0 Å². The Bertz CT molecular complexity index is 455. The summed E-state index contributed by atoms with van der Waals surface area (Å²) in [5.74, 6) is 0.770. The molecule has 0 aliphatic heterocycles. The SMILES string of the molecule is C[C@@H](CN)Nc1cnc2ccccc2n1. The third-order valence-electron chi connectivity index (χ3n) is 2.20. The van der Waals surface area contributed by atoms with Crippen molar-refractivity contribution in [3.8, 4) is 0 Å². The minimum absolute atomic E-state index is 0.209. The van der Waals surface area contributed by atoms with E-state index in [0.717, 1.165) is 16.9 Å². The summed E-state index contributed by atoms with van der Waals surface area (Å²) in [6, 6.07) is 8.00. The predicted molar refractivity (Wildman–Crippen MR) is 61.7 cm³/mol. The Hall–Kier alpha value is -1.68. The minimum Gasteiger partial charge on any atom is -0.365 e. The fourth-order valence-corrected chi connectivity index (χ4v) is 1.34. The molecule has 2 rings (SSSR count). The van der Waals surface area contributed by atoms with Crippen LogP contribution in [-0.4, -0.2) is 22.6 Å². The topological polar surface area (TPSA) is 63.8 Å². The fraction of sp³-hybridized carbons (Fsp3) is 0.273. The Morgan fingerprint density at radius 2 is 2.07 bits per heavy atom. The van der Waals surface area contributed by atoms with E-state index in [1.807, 2.05) is 31.2 Å². The molecule has 1 aromatic heterocycles. The molecule has 1 atom stereocenters. The first kappa shape index (κ1) is 9.86. The molecule has 0 saturated heterocycles. The van der Waals surface area contributed by atoms with Gasteiger partial charge in [-0.1, -0.05) is 12.1 Å². The van der Waals surface area contributed by atoms with Crippen LogP contribution in [0, 0.1) is 0 Å². The summed E-state index contributed by atoms with van der Waals surface area (Å²) in [5.41, 5.74) is 7.32. The van der Waals surface area contributed by atoms with Crippen LogP contribution in [0.3, 0.4) is 0 Å². The molecule has 0 unspecified atom stereocenters. The van der Waals surface area contributed by atoms with Crippen molar-refractivity contribution in [2.24, 2.45) is 5.73 Å². The monoisotopic (exact) mass is 202 g/mol. The molecule has 0 fully saturated rings. The van der Waals surface area contributed by atoms with E-state index >= 15 is 0 Å². The van der Waals surface area contributed by atoms with Gasteiger partial charge >= 0.3 is 0 Å². The van der Waals surface area contributed by atoms with Crippen LogP contribution in [0.15, 0.2) is 30.5 Å². The molecular weight excluding hydrogens is 188 g/mol. The summed E-state index contributed by atoms with van der Waals surface area (Å²) in [6.45, 7) is 2.59. The third kappa shape index (κ3) is 2.22. The van der Waals surface area contributed by atoms with E-state index < -0.39 is 0 Å².